The summed E-state index contributed by atoms with van der Waals surface area (Å²) in [6.45, 7) is 8.69. The fourth-order valence-electron chi connectivity index (χ4n) is 7.36. The summed E-state index contributed by atoms with van der Waals surface area (Å²) in [4.78, 5) is -0.0509. The van der Waals surface area contributed by atoms with Gasteiger partial charge in [-0.15, -0.1) is 0 Å². The Morgan fingerprint density at radius 3 is 1.04 bits per heavy atom. The average molecular weight is 888 g/mol. The van der Waals surface area contributed by atoms with Gasteiger partial charge < -0.3 is 9.11 Å². The van der Waals surface area contributed by atoms with Crippen LogP contribution in [0.25, 0.3) is 21.5 Å². The topological polar surface area (TPSA) is 114 Å². The van der Waals surface area contributed by atoms with Crippen molar-refractivity contribution in [3.05, 3.63) is 82.9 Å². The van der Waals surface area contributed by atoms with Crippen molar-refractivity contribution in [1.82, 2.24) is 0 Å². The molecule has 4 rings (SSSR count). The Balaban J connectivity index is 0.000000360. The van der Waals surface area contributed by atoms with Crippen molar-refractivity contribution < 1.29 is 25.9 Å². The van der Waals surface area contributed by atoms with E-state index in [0.717, 1.165) is 110 Å². The Kier molecular flexibility index (Phi) is 22.7. The molecule has 9 heteroatoms. The van der Waals surface area contributed by atoms with Crippen molar-refractivity contribution in [2.24, 2.45) is 0 Å². The first kappa shape index (κ1) is 47.9. The maximum Gasteiger partial charge on any atom is 2.00 e. The molecule has 0 amide bonds. The number of fused-ring (bicyclic) bond motifs is 2. The second-order valence-corrected chi connectivity index (χ2v) is 17.0. The first-order chi connectivity index (χ1) is 25.0. The molecule has 0 unspecified atom stereocenters. The van der Waals surface area contributed by atoms with Gasteiger partial charge in [0.15, 0.2) is 0 Å². The first-order valence-electron chi connectivity index (χ1n) is 20.0. The zero-order chi connectivity index (χ0) is 38.0. The minimum Gasteiger partial charge on any atom is -0.744 e. The summed E-state index contributed by atoms with van der Waals surface area (Å²) >= 11 is 0. The fraction of sp³-hybridized carbons (Fsp3) is 0.545. The van der Waals surface area contributed by atoms with Crippen LogP contribution < -0.4 is 0 Å². The molecule has 6 nitrogen and oxygen atoms in total. The third-order valence-corrected chi connectivity index (χ3v) is 11.9. The molecule has 0 atom stereocenters. The van der Waals surface area contributed by atoms with Crippen LogP contribution in [0.4, 0.5) is 0 Å². The van der Waals surface area contributed by atoms with Gasteiger partial charge in [0.1, 0.15) is 20.2 Å². The van der Waals surface area contributed by atoms with Crippen molar-refractivity contribution in [3.63, 3.8) is 0 Å². The molecule has 53 heavy (non-hydrogen) atoms. The standard InChI is InChI=1S/2C22H32O3S.Ba/c2*1-3-5-7-9-12-18-13-11-14-19-16-17-21(26(23,24)25)20(22(18)19)15-10-8-6-4-2;/h2*11,13-14,16-17H,3-10,12,15H2,1-2H3,(H,23,24,25);/q;;+2/p-2. The van der Waals surface area contributed by atoms with Crippen LogP contribution >= 0.6 is 0 Å². The smallest absolute Gasteiger partial charge is 0.744 e. The normalized spacial score (nSPS) is 11.7. The second kappa shape index (κ2) is 25.1. The number of aryl methyl sites for hydroxylation is 4. The van der Waals surface area contributed by atoms with Crippen LogP contribution in [0.3, 0.4) is 0 Å². The van der Waals surface area contributed by atoms with E-state index >= 15 is 0 Å². The third-order valence-electron chi connectivity index (χ3n) is 10.1. The molecule has 0 aliphatic rings. The molecule has 0 heterocycles. The van der Waals surface area contributed by atoms with E-state index in [-0.39, 0.29) is 58.7 Å². The molecule has 0 radical (unpaired) electrons. The summed E-state index contributed by atoms with van der Waals surface area (Å²) in [6, 6.07) is 18.8. The zero-order valence-corrected chi connectivity index (χ0v) is 39.0. The van der Waals surface area contributed by atoms with Crippen LogP contribution in [0, 0.1) is 0 Å². The van der Waals surface area contributed by atoms with Gasteiger partial charge in [-0.1, -0.05) is 153 Å². The molecule has 0 saturated carbocycles. The van der Waals surface area contributed by atoms with E-state index in [1.807, 2.05) is 24.3 Å². The van der Waals surface area contributed by atoms with Gasteiger partial charge in [0.25, 0.3) is 0 Å². The van der Waals surface area contributed by atoms with Gasteiger partial charge in [-0.25, -0.2) is 16.8 Å². The monoisotopic (exact) mass is 888 g/mol. The molecular formula is C44H62BaO6S2. The van der Waals surface area contributed by atoms with Crippen LogP contribution in [-0.4, -0.2) is 74.8 Å². The Morgan fingerprint density at radius 2 is 0.736 bits per heavy atom. The Bertz CT molecular complexity index is 1770. The summed E-state index contributed by atoms with van der Waals surface area (Å²) in [5, 5.41) is 4.07. The number of hydrogen-bond acceptors (Lipinski definition) is 6. The summed E-state index contributed by atoms with van der Waals surface area (Å²) in [5.41, 5.74) is 3.82. The summed E-state index contributed by atoms with van der Waals surface area (Å²) in [5.74, 6) is 0. The van der Waals surface area contributed by atoms with Gasteiger partial charge in [0.05, 0.1) is 9.79 Å². The van der Waals surface area contributed by atoms with Crippen molar-refractivity contribution in [2.75, 3.05) is 0 Å². The number of rotatable bonds is 22. The molecule has 0 bridgehead atoms. The van der Waals surface area contributed by atoms with Gasteiger partial charge >= 0.3 is 48.9 Å². The summed E-state index contributed by atoms with van der Waals surface area (Å²) < 4.78 is 71.0. The van der Waals surface area contributed by atoms with Crippen LogP contribution in [-0.2, 0) is 45.9 Å². The summed E-state index contributed by atoms with van der Waals surface area (Å²) in [7, 11) is -8.93. The Labute approximate surface area is 361 Å². The van der Waals surface area contributed by atoms with E-state index in [2.05, 4.69) is 39.8 Å². The van der Waals surface area contributed by atoms with E-state index in [0.29, 0.717) is 12.8 Å². The molecule has 0 saturated heterocycles. The van der Waals surface area contributed by atoms with Crippen molar-refractivity contribution >= 4 is 90.7 Å². The molecule has 288 valence electrons. The van der Waals surface area contributed by atoms with Crippen LogP contribution in [0.1, 0.15) is 153 Å². The Morgan fingerprint density at radius 1 is 0.415 bits per heavy atom. The van der Waals surface area contributed by atoms with Crippen molar-refractivity contribution in [1.29, 1.82) is 0 Å². The van der Waals surface area contributed by atoms with Crippen LogP contribution in [0.15, 0.2) is 70.5 Å². The second-order valence-electron chi connectivity index (χ2n) is 14.3. The fourth-order valence-corrected chi connectivity index (χ4v) is 8.84. The number of hydrogen-bond donors (Lipinski definition) is 0. The predicted molar refractivity (Wildman–Crippen MR) is 221 cm³/mol. The van der Waals surface area contributed by atoms with Gasteiger partial charge in [0.2, 0.25) is 0 Å². The number of benzene rings is 4. The predicted octanol–water partition coefficient (Wildman–Crippen LogP) is 11.6. The first-order valence-corrected chi connectivity index (χ1v) is 22.8. The van der Waals surface area contributed by atoms with Crippen molar-refractivity contribution in [2.45, 2.75) is 166 Å². The molecule has 0 fully saturated rings. The molecule has 4 aromatic rings. The zero-order valence-electron chi connectivity index (χ0n) is 32.9. The van der Waals surface area contributed by atoms with E-state index in [1.165, 1.54) is 61.8 Å². The quantitative estimate of drug-likeness (QED) is 0.0441. The Hall–Kier alpha value is -1.21. The molecule has 0 aromatic heterocycles. The minimum atomic E-state index is -4.46. The van der Waals surface area contributed by atoms with E-state index < -0.39 is 20.2 Å². The van der Waals surface area contributed by atoms with Crippen molar-refractivity contribution in [3.8, 4) is 0 Å². The van der Waals surface area contributed by atoms with Gasteiger partial charge in [-0.05, 0) is 107 Å². The van der Waals surface area contributed by atoms with Crippen LogP contribution in [0.2, 0.25) is 0 Å². The maximum atomic E-state index is 11.8. The summed E-state index contributed by atoms with van der Waals surface area (Å²) in [6.07, 6.45) is 21.0. The molecule has 0 N–H and O–H groups in total. The van der Waals surface area contributed by atoms with Crippen LogP contribution in [0.5, 0.6) is 0 Å². The molecule has 0 aliphatic carbocycles. The third kappa shape index (κ3) is 15.3. The molecular weight excluding hydrogens is 826 g/mol. The minimum absolute atomic E-state index is 0. The number of unbranched alkanes of at least 4 members (excludes halogenated alkanes) is 12. The van der Waals surface area contributed by atoms with E-state index in [1.54, 1.807) is 12.1 Å². The largest absolute Gasteiger partial charge is 2.00 e. The van der Waals surface area contributed by atoms with Gasteiger partial charge in [-0.3, -0.25) is 0 Å². The molecule has 0 spiro atoms. The molecule has 0 aliphatic heterocycles. The SMILES string of the molecule is CCCCCCc1cccc2ccc(S(=O)(=O)[O-])c(CCCCCC)c12.CCCCCCc1cccc2ccc(S(=O)(=O)[O-])c(CCCCCC)c12.[Ba+2]. The maximum absolute atomic E-state index is 11.8. The van der Waals surface area contributed by atoms with Gasteiger partial charge in [-0.2, -0.15) is 0 Å². The van der Waals surface area contributed by atoms with Gasteiger partial charge in [0, 0.05) is 0 Å². The average Bonchev–Trinajstić information content (AvgIpc) is 3.11. The van der Waals surface area contributed by atoms with E-state index in [4.69, 9.17) is 0 Å². The molecule has 4 aromatic carbocycles. The van der Waals surface area contributed by atoms with E-state index in [9.17, 15) is 25.9 Å².